The summed E-state index contributed by atoms with van der Waals surface area (Å²) in [6.07, 6.45) is 1.99. The van der Waals surface area contributed by atoms with Crippen LogP contribution in [0.4, 0.5) is 5.69 Å². The molecule has 1 atom stereocenters. The maximum atomic E-state index is 12.6. The first-order valence-corrected chi connectivity index (χ1v) is 7.55. The first-order valence-electron chi connectivity index (χ1n) is 7.17. The van der Waals surface area contributed by atoms with Gasteiger partial charge in [0.2, 0.25) is 5.91 Å². The maximum absolute atomic E-state index is 12.6. The van der Waals surface area contributed by atoms with Crippen LogP contribution in [0.3, 0.4) is 0 Å². The van der Waals surface area contributed by atoms with E-state index in [1.165, 1.54) is 7.11 Å². The number of anilines is 1. The summed E-state index contributed by atoms with van der Waals surface area (Å²) in [5.41, 5.74) is 6.49. The largest absolute Gasteiger partial charge is 0.383 e. The van der Waals surface area contributed by atoms with E-state index in [0.717, 1.165) is 25.9 Å². The molecule has 1 aliphatic heterocycles. The van der Waals surface area contributed by atoms with Gasteiger partial charge in [-0.1, -0.05) is 11.6 Å². The Morgan fingerprint density at radius 2 is 2.09 bits per heavy atom. The topological polar surface area (TPSA) is 84.7 Å². The quantitative estimate of drug-likeness (QED) is 0.859. The number of methoxy groups -OCH3 is 1. The average Bonchev–Trinajstić information content (AvgIpc) is 3.02. The molecule has 6 nitrogen and oxygen atoms in total. The second kappa shape index (κ2) is 7.58. The van der Waals surface area contributed by atoms with Crippen molar-refractivity contribution in [2.75, 3.05) is 32.1 Å². The van der Waals surface area contributed by atoms with E-state index in [-0.39, 0.29) is 12.5 Å². The molecule has 0 aromatic heterocycles. The van der Waals surface area contributed by atoms with E-state index < -0.39 is 11.9 Å². The number of carbonyl (C=O) groups excluding carboxylic acids is 2. The molecule has 120 valence electrons. The van der Waals surface area contributed by atoms with E-state index in [1.807, 2.05) is 0 Å². The van der Waals surface area contributed by atoms with Gasteiger partial charge in [0, 0.05) is 25.2 Å². The van der Waals surface area contributed by atoms with Gasteiger partial charge in [0.15, 0.2) is 0 Å². The second-order valence-corrected chi connectivity index (χ2v) is 5.68. The van der Waals surface area contributed by atoms with Gasteiger partial charge in [0.25, 0.3) is 5.91 Å². The maximum Gasteiger partial charge on any atom is 0.256 e. The van der Waals surface area contributed by atoms with Crippen LogP contribution in [0.5, 0.6) is 0 Å². The Morgan fingerprint density at radius 1 is 1.41 bits per heavy atom. The van der Waals surface area contributed by atoms with E-state index in [0.29, 0.717) is 16.3 Å². The number of rotatable bonds is 5. The molecule has 0 bridgehead atoms. The summed E-state index contributed by atoms with van der Waals surface area (Å²) in [5.74, 6) is -0.532. The third-order valence-corrected chi connectivity index (χ3v) is 3.78. The minimum atomic E-state index is -0.796. The van der Waals surface area contributed by atoms with E-state index in [4.69, 9.17) is 22.1 Å². The van der Waals surface area contributed by atoms with Crippen molar-refractivity contribution in [3.63, 3.8) is 0 Å². The van der Waals surface area contributed by atoms with Crippen molar-refractivity contribution in [1.29, 1.82) is 0 Å². The lowest BCUT2D eigenvalue weighted by atomic mass is 10.1. The Balaban J connectivity index is 2.20. The van der Waals surface area contributed by atoms with Crippen molar-refractivity contribution in [3.8, 4) is 0 Å². The number of benzene rings is 1. The molecule has 0 aliphatic carbocycles. The van der Waals surface area contributed by atoms with Crippen LogP contribution in [0, 0.1) is 0 Å². The summed E-state index contributed by atoms with van der Waals surface area (Å²) in [6, 6.07) is 4.01. The third-order valence-electron chi connectivity index (χ3n) is 3.55. The summed E-state index contributed by atoms with van der Waals surface area (Å²) in [4.78, 5) is 26.3. The van der Waals surface area contributed by atoms with Crippen LogP contribution < -0.4 is 11.1 Å². The van der Waals surface area contributed by atoms with Crippen LogP contribution in [-0.2, 0) is 9.53 Å². The normalized spacial score (nSPS) is 15.7. The lowest BCUT2D eigenvalue weighted by molar-refractivity contribution is -0.118. The van der Waals surface area contributed by atoms with Crippen LogP contribution in [0.25, 0.3) is 0 Å². The fourth-order valence-corrected chi connectivity index (χ4v) is 2.55. The Morgan fingerprint density at radius 3 is 2.73 bits per heavy atom. The van der Waals surface area contributed by atoms with Crippen molar-refractivity contribution in [2.45, 2.75) is 18.9 Å². The molecule has 0 saturated carbocycles. The van der Waals surface area contributed by atoms with Gasteiger partial charge in [-0.25, -0.2) is 0 Å². The number of ether oxygens (including phenoxy) is 1. The number of nitrogens with zero attached hydrogens (tertiary/aromatic N) is 1. The molecule has 1 unspecified atom stereocenters. The molecule has 1 aromatic rings. The zero-order valence-corrected chi connectivity index (χ0v) is 13.2. The fourth-order valence-electron chi connectivity index (χ4n) is 2.37. The van der Waals surface area contributed by atoms with E-state index in [2.05, 4.69) is 5.32 Å². The first-order chi connectivity index (χ1) is 10.5. The molecule has 7 heteroatoms. The van der Waals surface area contributed by atoms with Gasteiger partial charge >= 0.3 is 0 Å². The van der Waals surface area contributed by atoms with Gasteiger partial charge < -0.3 is 20.7 Å². The molecule has 0 radical (unpaired) electrons. The predicted molar refractivity (Wildman–Crippen MR) is 85.1 cm³/mol. The number of hydrogen-bond acceptors (Lipinski definition) is 4. The van der Waals surface area contributed by atoms with Crippen LogP contribution in [-0.4, -0.2) is 49.6 Å². The smallest absolute Gasteiger partial charge is 0.256 e. The SMILES string of the molecule is COCC(N)C(=O)Nc1ccc(Cl)cc1C(=O)N1CCCC1. The number of nitrogens with two attached hydrogens (primary N) is 1. The van der Waals surface area contributed by atoms with Gasteiger partial charge in [-0.2, -0.15) is 0 Å². The number of amides is 2. The molecule has 0 spiro atoms. The number of halogens is 1. The van der Waals surface area contributed by atoms with Crippen LogP contribution in [0.15, 0.2) is 18.2 Å². The summed E-state index contributed by atoms with van der Waals surface area (Å²) in [7, 11) is 1.47. The van der Waals surface area contributed by atoms with Crippen LogP contribution in [0.2, 0.25) is 5.02 Å². The molecule has 1 fully saturated rings. The predicted octanol–water partition coefficient (Wildman–Crippen LogP) is 1.49. The minimum Gasteiger partial charge on any atom is -0.383 e. The molecule has 1 saturated heterocycles. The summed E-state index contributed by atoms with van der Waals surface area (Å²) in [6.45, 7) is 1.55. The molecular weight excluding hydrogens is 306 g/mol. The van der Waals surface area contributed by atoms with Crippen molar-refractivity contribution >= 4 is 29.1 Å². The Labute approximate surface area is 134 Å². The van der Waals surface area contributed by atoms with Crippen molar-refractivity contribution < 1.29 is 14.3 Å². The highest BCUT2D eigenvalue weighted by molar-refractivity contribution is 6.31. The lowest BCUT2D eigenvalue weighted by Gasteiger charge is -2.19. The average molecular weight is 326 g/mol. The van der Waals surface area contributed by atoms with Gasteiger partial charge in [-0.3, -0.25) is 9.59 Å². The Hall–Kier alpha value is -1.63. The zero-order valence-electron chi connectivity index (χ0n) is 12.5. The molecule has 2 amide bonds. The minimum absolute atomic E-state index is 0.106. The highest BCUT2D eigenvalue weighted by Crippen LogP contribution is 2.24. The van der Waals surface area contributed by atoms with Crippen molar-refractivity contribution in [3.05, 3.63) is 28.8 Å². The van der Waals surface area contributed by atoms with Gasteiger partial charge in [0.1, 0.15) is 6.04 Å². The van der Waals surface area contributed by atoms with Crippen molar-refractivity contribution in [1.82, 2.24) is 4.90 Å². The monoisotopic (exact) mass is 325 g/mol. The molecule has 1 aliphatic rings. The Bertz CT molecular complexity index is 559. The highest BCUT2D eigenvalue weighted by atomic mass is 35.5. The fraction of sp³-hybridized carbons (Fsp3) is 0.467. The van der Waals surface area contributed by atoms with Gasteiger partial charge in [-0.05, 0) is 31.0 Å². The summed E-state index contributed by atoms with van der Waals surface area (Å²) in [5, 5.41) is 3.12. The van der Waals surface area contributed by atoms with Crippen LogP contribution >= 0.6 is 11.6 Å². The zero-order chi connectivity index (χ0) is 16.1. The van der Waals surface area contributed by atoms with E-state index >= 15 is 0 Å². The van der Waals surface area contributed by atoms with Crippen molar-refractivity contribution in [2.24, 2.45) is 5.73 Å². The lowest BCUT2D eigenvalue weighted by Crippen LogP contribution is -2.39. The molecular formula is C15H20ClN3O3. The second-order valence-electron chi connectivity index (χ2n) is 5.24. The number of likely N-dealkylation sites (tertiary alicyclic amines) is 1. The number of hydrogen-bond donors (Lipinski definition) is 2. The first kappa shape index (κ1) is 16.7. The third kappa shape index (κ3) is 3.97. The molecule has 1 aromatic carbocycles. The molecule has 3 N–H and O–H groups in total. The highest BCUT2D eigenvalue weighted by Gasteiger charge is 2.23. The molecule has 1 heterocycles. The molecule has 22 heavy (non-hydrogen) atoms. The standard InChI is InChI=1S/C15H20ClN3O3/c1-22-9-12(17)14(20)18-13-5-4-10(16)8-11(13)15(21)19-6-2-3-7-19/h4-5,8,12H,2-3,6-7,9,17H2,1H3,(H,18,20). The van der Waals surface area contributed by atoms with E-state index in [1.54, 1.807) is 23.1 Å². The van der Waals surface area contributed by atoms with Gasteiger partial charge in [-0.15, -0.1) is 0 Å². The summed E-state index contributed by atoms with van der Waals surface area (Å²) >= 11 is 5.99. The van der Waals surface area contributed by atoms with Gasteiger partial charge in [0.05, 0.1) is 17.9 Å². The number of nitrogens with one attached hydrogen (secondary N) is 1. The molecule has 2 rings (SSSR count). The Kier molecular flexibility index (Phi) is 5.76. The van der Waals surface area contributed by atoms with Crippen LogP contribution in [0.1, 0.15) is 23.2 Å². The summed E-state index contributed by atoms with van der Waals surface area (Å²) < 4.78 is 4.86. The number of carbonyl (C=O) groups is 2. The van der Waals surface area contributed by atoms with E-state index in [9.17, 15) is 9.59 Å².